The van der Waals surface area contributed by atoms with Crippen LogP contribution in [0.5, 0.6) is 11.5 Å². The van der Waals surface area contributed by atoms with Gasteiger partial charge in [-0.15, -0.1) is 0 Å². The summed E-state index contributed by atoms with van der Waals surface area (Å²) in [5.74, 6) is 1.37. The smallest absolute Gasteiger partial charge is 0.165 e. The first kappa shape index (κ1) is 17.7. The quantitative estimate of drug-likeness (QED) is 0.766. The van der Waals surface area contributed by atoms with Gasteiger partial charge >= 0.3 is 0 Å². The highest BCUT2D eigenvalue weighted by Crippen LogP contribution is 2.36. The summed E-state index contributed by atoms with van der Waals surface area (Å²) in [6, 6.07) is 13.2. The zero-order valence-corrected chi connectivity index (χ0v) is 15.0. The van der Waals surface area contributed by atoms with Gasteiger partial charge in [0.1, 0.15) is 5.82 Å². The predicted molar refractivity (Wildman–Crippen MR) is 97.6 cm³/mol. The average Bonchev–Trinajstić information content (AvgIpc) is 2.87. The van der Waals surface area contributed by atoms with E-state index in [0.29, 0.717) is 0 Å². The van der Waals surface area contributed by atoms with E-state index in [4.69, 9.17) is 9.47 Å². The molecular formula is C21H26FNO2. The minimum atomic E-state index is -0.166. The number of hydrogen-bond acceptors (Lipinski definition) is 3. The van der Waals surface area contributed by atoms with Crippen LogP contribution < -0.4 is 9.47 Å². The SMILES string of the molecule is COc1cccc(CN2CCCCC[C@@H]2c2cccc(F)c2)c1OC. The fourth-order valence-corrected chi connectivity index (χ4v) is 3.75. The van der Waals surface area contributed by atoms with E-state index in [-0.39, 0.29) is 11.9 Å². The molecular weight excluding hydrogens is 317 g/mol. The molecule has 1 heterocycles. The Morgan fingerprint density at radius 2 is 1.88 bits per heavy atom. The fraction of sp³-hybridized carbons (Fsp3) is 0.429. The monoisotopic (exact) mass is 343 g/mol. The Morgan fingerprint density at radius 1 is 1.04 bits per heavy atom. The molecule has 0 radical (unpaired) electrons. The van der Waals surface area contributed by atoms with Crippen LogP contribution >= 0.6 is 0 Å². The average molecular weight is 343 g/mol. The number of hydrogen-bond donors (Lipinski definition) is 0. The highest BCUT2D eigenvalue weighted by Gasteiger charge is 2.24. The molecule has 0 N–H and O–H groups in total. The van der Waals surface area contributed by atoms with E-state index in [1.54, 1.807) is 26.4 Å². The first-order valence-electron chi connectivity index (χ1n) is 8.92. The van der Waals surface area contributed by atoms with Crippen molar-refractivity contribution in [1.82, 2.24) is 4.90 Å². The number of halogens is 1. The van der Waals surface area contributed by atoms with Crippen LogP contribution in [0.3, 0.4) is 0 Å². The largest absolute Gasteiger partial charge is 0.493 e. The third-order valence-corrected chi connectivity index (χ3v) is 4.96. The number of likely N-dealkylation sites (tertiary alicyclic amines) is 1. The molecule has 2 aromatic rings. The zero-order valence-electron chi connectivity index (χ0n) is 15.0. The molecule has 3 rings (SSSR count). The first-order chi connectivity index (χ1) is 12.2. The molecule has 1 aliphatic heterocycles. The van der Waals surface area contributed by atoms with Gasteiger partial charge in [-0.05, 0) is 43.1 Å². The summed E-state index contributed by atoms with van der Waals surface area (Å²) < 4.78 is 24.8. The van der Waals surface area contributed by atoms with Crippen molar-refractivity contribution in [2.75, 3.05) is 20.8 Å². The van der Waals surface area contributed by atoms with Crippen molar-refractivity contribution in [3.05, 3.63) is 59.4 Å². The van der Waals surface area contributed by atoms with E-state index in [1.165, 1.54) is 18.9 Å². The lowest BCUT2D eigenvalue weighted by atomic mass is 10.00. The molecule has 1 atom stereocenters. The predicted octanol–water partition coefficient (Wildman–Crippen LogP) is 4.96. The maximum Gasteiger partial charge on any atom is 0.165 e. The second-order valence-corrected chi connectivity index (χ2v) is 6.54. The molecule has 0 aliphatic carbocycles. The minimum absolute atomic E-state index is 0.166. The van der Waals surface area contributed by atoms with E-state index in [0.717, 1.165) is 48.6 Å². The number of para-hydroxylation sites is 1. The summed E-state index contributed by atoms with van der Waals surface area (Å²) in [5, 5.41) is 0. The van der Waals surface area contributed by atoms with Crippen LogP contribution in [0.1, 0.15) is 42.9 Å². The number of nitrogens with zero attached hydrogens (tertiary/aromatic N) is 1. The molecule has 25 heavy (non-hydrogen) atoms. The number of ether oxygens (including phenoxy) is 2. The van der Waals surface area contributed by atoms with Crippen LogP contribution in [0, 0.1) is 5.82 Å². The molecule has 3 nitrogen and oxygen atoms in total. The summed E-state index contributed by atoms with van der Waals surface area (Å²) in [7, 11) is 3.33. The van der Waals surface area contributed by atoms with Crippen molar-refractivity contribution in [2.45, 2.75) is 38.3 Å². The molecule has 1 aliphatic rings. The molecule has 0 aromatic heterocycles. The summed E-state index contributed by atoms with van der Waals surface area (Å²) in [4.78, 5) is 2.44. The molecule has 0 amide bonds. The van der Waals surface area contributed by atoms with Crippen molar-refractivity contribution in [3.8, 4) is 11.5 Å². The van der Waals surface area contributed by atoms with E-state index < -0.39 is 0 Å². The zero-order chi connectivity index (χ0) is 17.6. The van der Waals surface area contributed by atoms with Crippen molar-refractivity contribution in [3.63, 3.8) is 0 Å². The molecule has 2 aromatic carbocycles. The Labute approximate surface area is 149 Å². The highest BCUT2D eigenvalue weighted by atomic mass is 19.1. The molecule has 1 saturated heterocycles. The molecule has 4 heteroatoms. The Bertz CT molecular complexity index is 704. The van der Waals surface area contributed by atoms with E-state index >= 15 is 0 Å². The third kappa shape index (κ3) is 4.13. The van der Waals surface area contributed by atoms with Gasteiger partial charge in [0.05, 0.1) is 14.2 Å². The van der Waals surface area contributed by atoms with Crippen molar-refractivity contribution < 1.29 is 13.9 Å². The molecule has 0 spiro atoms. The molecule has 134 valence electrons. The molecule has 0 saturated carbocycles. The Hall–Kier alpha value is -2.07. The van der Waals surface area contributed by atoms with Gasteiger partial charge in [0.15, 0.2) is 11.5 Å². The van der Waals surface area contributed by atoms with Gasteiger partial charge in [-0.3, -0.25) is 4.90 Å². The maximum absolute atomic E-state index is 13.7. The van der Waals surface area contributed by atoms with Crippen molar-refractivity contribution in [2.24, 2.45) is 0 Å². The van der Waals surface area contributed by atoms with Gasteiger partial charge in [-0.2, -0.15) is 0 Å². The standard InChI is InChI=1S/C21H26FNO2/c1-24-20-12-7-9-17(21(20)25-2)15-23-13-5-3-4-11-19(23)16-8-6-10-18(22)14-16/h6-10,12,14,19H,3-5,11,13,15H2,1-2H3/t19-/m1/s1. The lowest BCUT2D eigenvalue weighted by Crippen LogP contribution is -2.28. The summed E-state index contributed by atoms with van der Waals surface area (Å²) in [5.41, 5.74) is 2.16. The second kappa shape index (κ2) is 8.34. The highest BCUT2D eigenvalue weighted by molar-refractivity contribution is 5.46. The van der Waals surface area contributed by atoms with Gasteiger partial charge < -0.3 is 9.47 Å². The van der Waals surface area contributed by atoms with Crippen LogP contribution in [0.15, 0.2) is 42.5 Å². The molecule has 0 bridgehead atoms. The van der Waals surface area contributed by atoms with E-state index in [9.17, 15) is 4.39 Å². The normalized spacial score (nSPS) is 18.6. The van der Waals surface area contributed by atoms with Crippen LogP contribution in [0.25, 0.3) is 0 Å². The third-order valence-electron chi connectivity index (χ3n) is 4.96. The van der Waals surface area contributed by atoms with Crippen molar-refractivity contribution in [1.29, 1.82) is 0 Å². The fourth-order valence-electron chi connectivity index (χ4n) is 3.75. The minimum Gasteiger partial charge on any atom is -0.493 e. The van der Waals surface area contributed by atoms with E-state index in [2.05, 4.69) is 11.0 Å². The molecule has 0 unspecified atom stereocenters. The second-order valence-electron chi connectivity index (χ2n) is 6.54. The van der Waals surface area contributed by atoms with Crippen LogP contribution in [0.2, 0.25) is 0 Å². The van der Waals surface area contributed by atoms with Crippen LogP contribution in [0.4, 0.5) is 4.39 Å². The first-order valence-corrected chi connectivity index (χ1v) is 8.92. The van der Waals surface area contributed by atoms with Gasteiger partial charge in [0, 0.05) is 18.2 Å². The summed E-state index contributed by atoms with van der Waals surface area (Å²) in [6.45, 7) is 1.77. The summed E-state index contributed by atoms with van der Waals surface area (Å²) >= 11 is 0. The van der Waals surface area contributed by atoms with Crippen LogP contribution in [-0.2, 0) is 6.54 Å². The topological polar surface area (TPSA) is 21.7 Å². The number of methoxy groups -OCH3 is 2. The lowest BCUT2D eigenvalue weighted by Gasteiger charge is -2.31. The van der Waals surface area contributed by atoms with Gasteiger partial charge in [-0.1, -0.05) is 37.1 Å². The Balaban J connectivity index is 1.90. The molecule has 1 fully saturated rings. The number of rotatable bonds is 5. The maximum atomic E-state index is 13.7. The van der Waals surface area contributed by atoms with Gasteiger partial charge in [-0.25, -0.2) is 4.39 Å². The Kier molecular flexibility index (Phi) is 5.92. The van der Waals surface area contributed by atoms with E-state index in [1.807, 2.05) is 18.2 Å². The Morgan fingerprint density at radius 3 is 2.64 bits per heavy atom. The van der Waals surface area contributed by atoms with Crippen molar-refractivity contribution >= 4 is 0 Å². The van der Waals surface area contributed by atoms with Gasteiger partial charge in [0.25, 0.3) is 0 Å². The number of benzene rings is 2. The van der Waals surface area contributed by atoms with Crippen LogP contribution in [-0.4, -0.2) is 25.7 Å². The van der Waals surface area contributed by atoms with Gasteiger partial charge in [0.2, 0.25) is 0 Å². The summed E-state index contributed by atoms with van der Waals surface area (Å²) in [6.07, 6.45) is 4.61. The lowest BCUT2D eigenvalue weighted by molar-refractivity contribution is 0.189.